The van der Waals surface area contributed by atoms with Crippen molar-refractivity contribution in [2.75, 3.05) is 13.7 Å². The summed E-state index contributed by atoms with van der Waals surface area (Å²) in [6.45, 7) is 2.23. The number of nitrogens with zero attached hydrogens (tertiary/aromatic N) is 1. The van der Waals surface area contributed by atoms with E-state index in [1.54, 1.807) is 7.11 Å². The molecule has 0 bridgehead atoms. The average Bonchev–Trinajstić information content (AvgIpc) is 3.21. The number of rotatable bonds is 10. The van der Waals surface area contributed by atoms with E-state index in [1.165, 1.54) is 5.56 Å². The fourth-order valence-electron chi connectivity index (χ4n) is 3.41. The number of benzene rings is 3. The number of aromatic nitrogens is 2. The number of hydrogen-bond donors (Lipinski definition) is 2. The van der Waals surface area contributed by atoms with Crippen molar-refractivity contribution in [3.63, 3.8) is 0 Å². The average molecular weight is 402 g/mol. The first kappa shape index (κ1) is 20.0. The van der Waals surface area contributed by atoms with E-state index in [0.29, 0.717) is 6.61 Å². The molecule has 0 unspecified atom stereocenters. The maximum Gasteiger partial charge on any atom is 0.161 e. The van der Waals surface area contributed by atoms with Gasteiger partial charge in [-0.3, -0.25) is 0 Å². The first-order valence-electron chi connectivity index (χ1n) is 10.3. The van der Waals surface area contributed by atoms with Crippen LogP contribution in [0.5, 0.6) is 11.5 Å². The predicted molar refractivity (Wildman–Crippen MR) is 120 cm³/mol. The minimum Gasteiger partial charge on any atom is -0.493 e. The summed E-state index contributed by atoms with van der Waals surface area (Å²) in [6.07, 6.45) is 1.95. The van der Waals surface area contributed by atoms with Gasteiger partial charge >= 0.3 is 0 Å². The second-order valence-electron chi connectivity index (χ2n) is 7.24. The number of para-hydroxylation sites is 2. The zero-order valence-electron chi connectivity index (χ0n) is 17.2. The van der Waals surface area contributed by atoms with Crippen molar-refractivity contribution in [2.45, 2.75) is 26.0 Å². The third-order valence-corrected chi connectivity index (χ3v) is 5.00. The summed E-state index contributed by atoms with van der Waals surface area (Å²) in [5.74, 6) is 2.56. The number of hydrogen-bond acceptors (Lipinski definition) is 4. The normalized spacial score (nSPS) is 11.0. The van der Waals surface area contributed by atoms with Gasteiger partial charge in [-0.1, -0.05) is 48.5 Å². The van der Waals surface area contributed by atoms with Crippen molar-refractivity contribution in [1.29, 1.82) is 0 Å². The molecule has 0 saturated heterocycles. The predicted octanol–water partition coefficient (Wildman–Crippen LogP) is 4.87. The number of aromatic amines is 1. The summed E-state index contributed by atoms with van der Waals surface area (Å²) >= 11 is 0. The Bertz CT molecular complexity index is 1040. The molecule has 154 valence electrons. The van der Waals surface area contributed by atoms with E-state index in [2.05, 4.69) is 39.6 Å². The maximum atomic E-state index is 5.93. The Balaban J connectivity index is 1.24. The first-order valence-corrected chi connectivity index (χ1v) is 10.3. The van der Waals surface area contributed by atoms with Crippen LogP contribution in [0.1, 0.15) is 23.4 Å². The van der Waals surface area contributed by atoms with E-state index in [-0.39, 0.29) is 0 Å². The zero-order chi connectivity index (χ0) is 20.6. The molecule has 0 spiro atoms. The molecule has 5 heteroatoms. The second kappa shape index (κ2) is 9.94. The minimum absolute atomic E-state index is 0.524. The molecule has 0 saturated carbocycles. The molecular formula is C25H27N3O2. The fourth-order valence-corrected chi connectivity index (χ4v) is 3.41. The van der Waals surface area contributed by atoms with Gasteiger partial charge in [-0.25, -0.2) is 4.98 Å². The highest BCUT2D eigenvalue weighted by atomic mass is 16.5. The van der Waals surface area contributed by atoms with Crippen LogP contribution in [0.2, 0.25) is 0 Å². The number of fused-ring (bicyclic) bond motifs is 1. The number of ether oxygens (including phenoxy) is 2. The monoisotopic (exact) mass is 401 g/mol. The molecule has 30 heavy (non-hydrogen) atoms. The van der Waals surface area contributed by atoms with Gasteiger partial charge in [0.2, 0.25) is 0 Å². The Hall–Kier alpha value is -3.31. The van der Waals surface area contributed by atoms with Crippen molar-refractivity contribution < 1.29 is 9.47 Å². The largest absolute Gasteiger partial charge is 0.493 e. The highest BCUT2D eigenvalue weighted by molar-refractivity contribution is 5.74. The Morgan fingerprint density at radius 3 is 2.57 bits per heavy atom. The molecule has 0 aliphatic rings. The topological polar surface area (TPSA) is 59.2 Å². The lowest BCUT2D eigenvalue weighted by Crippen LogP contribution is -2.15. The van der Waals surface area contributed by atoms with E-state index in [9.17, 15) is 0 Å². The Morgan fingerprint density at radius 2 is 1.73 bits per heavy atom. The van der Waals surface area contributed by atoms with Gasteiger partial charge in [0.1, 0.15) is 12.4 Å². The molecule has 5 nitrogen and oxygen atoms in total. The number of nitrogens with one attached hydrogen (secondary N) is 2. The second-order valence-corrected chi connectivity index (χ2v) is 7.24. The van der Waals surface area contributed by atoms with Crippen LogP contribution in [0.4, 0.5) is 0 Å². The molecule has 0 radical (unpaired) electrons. The summed E-state index contributed by atoms with van der Waals surface area (Å²) in [6, 6.07) is 24.4. The van der Waals surface area contributed by atoms with E-state index in [0.717, 1.165) is 59.9 Å². The van der Waals surface area contributed by atoms with Gasteiger partial charge in [-0.05, 0) is 48.4 Å². The summed E-state index contributed by atoms with van der Waals surface area (Å²) in [7, 11) is 1.68. The number of methoxy groups -OCH3 is 1. The zero-order valence-corrected chi connectivity index (χ0v) is 17.2. The molecule has 1 heterocycles. The highest BCUT2D eigenvalue weighted by Gasteiger charge is 2.07. The lowest BCUT2D eigenvalue weighted by molar-refractivity contribution is 0.284. The van der Waals surface area contributed by atoms with Crippen LogP contribution >= 0.6 is 0 Å². The highest BCUT2D eigenvalue weighted by Crippen LogP contribution is 2.28. The van der Waals surface area contributed by atoms with E-state index in [4.69, 9.17) is 9.47 Å². The van der Waals surface area contributed by atoms with Crippen molar-refractivity contribution >= 4 is 11.0 Å². The van der Waals surface area contributed by atoms with Crippen LogP contribution in [0.3, 0.4) is 0 Å². The van der Waals surface area contributed by atoms with Crippen molar-refractivity contribution in [2.24, 2.45) is 0 Å². The number of H-pyrrole nitrogens is 1. The molecule has 0 aliphatic carbocycles. The van der Waals surface area contributed by atoms with E-state index >= 15 is 0 Å². The Kier molecular flexibility index (Phi) is 6.62. The van der Waals surface area contributed by atoms with Gasteiger partial charge in [-0.15, -0.1) is 0 Å². The molecule has 4 aromatic rings. The minimum atomic E-state index is 0.524. The van der Waals surface area contributed by atoms with E-state index < -0.39 is 0 Å². The van der Waals surface area contributed by atoms with Crippen molar-refractivity contribution in [1.82, 2.24) is 15.3 Å². The standard InChI is InChI=1S/C25H27N3O2/c1-29-24-16-20(13-14-23(24)30-18-19-8-3-2-4-9-19)17-26-15-7-12-25-27-21-10-5-6-11-22(21)28-25/h2-6,8-11,13-14,16,26H,7,12,15,17-18H2,1H3,(H,27,28). The van der Waals surface area contributed by atoms with Crippen LogP contribution in [-0.2, 0) is 19.6 Å². The fraction of sp³-hybridized carbons (Fsp3) is 0.240. The SMILES string of the molecule is COc1cc(CNCCCc2nc3ccccc3[nH]2)ccc1OCc1ccccc1. The van der Waals surface area contributed by atoms with Crippen LogP contribution in [0, 0.1) is 0 Å². The summed E-state index contributed by atoms with van der Waals surface area (Å²) < 4.78 is 11.5. The maximum absolute atomic E-state index is 5.93. The summed E-state index contributed by atoms with van der Waals surface area (Å²) in [4.78, 5) is 8.01. The van der Waals surface area contributed by atoms with Crippen LogP contribution in [0.15, 0.2) is 72.8 Å². The van der Waals surface area contributed by atoms with Crippen LogP contribution < -0.4 is 14.8 Å². The van der Waals surface area contributed by atoms with Crippen molar-refractivity contribution in [3.8, 4) is 11.5 Å². The van der Waals surface area contributed by atoms with E-state index in [1.807, 2.05) is 48.5 Å². The summed E-state index contributed by atoms with van der Waals surface area (Å²) in [5, 5.41) is 3.50. The molecular weight excluding hydrogens is 374 g/mol. The van der Waals surface area contributed by atoms with Gasteiger partial charge < -0.3 is 19.8 Å². The lowest BCUT2D eigenvalue weighted by Gasteiger charge is -2.13. The summed E-state index contributed by atoms with van der Waals surface area (Å²) in [5.41, 5.74) is 4.43. The van der Waals surface area contributed by atoms with Gasteiger partial charge in [0.15, 0.2) is 11.5 Å². The molecule has 4 rings (SSSR count). The third kappa shape index (κ3) is 5.19. The number of imidazole rings is 1. The van der Waals surface area contributed by atoms with Gasteiger partial charge in [-0.2, -0.15) is 0 Å². The molecule has 0 fully saturated rings. The Labute approximate surface area is 177 Å². The first-order chi connectivity index (χ1) is 14.8. The smallest absolute Gasteiger partial charge is 0.161 e. The van der Waals surface area contributed by atoms with Gasteiger partial charge in [0.05, 0.1) is 18.1 Å². The molecule has 0 aliphatic heterocycles. The lowest BCUT2D eigenvalue weighted by atomic mass is 10.2. The molecule has 2 N–H and O–H groups in total. The number of aryl methyl sites for hydroxylation is 1. The third-order valence-electron chi connectivity index (χ3n) is 5.00. The molecule has 0 atom stereocenters. The van der Waals surface area contributed by atoms with Gasteiger partial charge in [0.25, 0.3) is 0 Å². The van der Waals surface area contributed by atoms with Crippen molar-refractivity contribution in [3.05, 3.63) is 89.7 Å². The molecule has 1 aromatic heterocycles. The van der Waals surface area contributed by atoms with Crippen LogP contribution in [0.25, 0.3) is 11.0 Å². The molecule has 0 amide bonds. The Morgan fingerprint density at radius 1 is 0.900 bits per heavy atom. The quantitative estimate of drug-likeness (QED) is 0.372. The van der Waals surface area contributed by atoms with Gasteiger partial charge in [0, 0.05) is 13.0 Å². The van der Waals surface area contributed by atoms with Crippen LogP contribution in [-0.4, -0.2) is 23.6 Å². The molecule has 3 aromatic carbocycles.